The van der Waals surface area contributed by atoms with E-state index in [4.69, 9.17) is 5.11 Å². The Morgan fingerprint density at radius 3 is 2.62 bits per heavy atom. The molecule has 1 aromatic heterocycles. The third-order valence-corrected chi connectivity index (χ3v) is 3.45. The van der Waals surface area contributed by atoms with Gasteiger partial charge in [0.1, 0.15) is 18.2 Å². The van der Waals surface area contributed by atoms with Crippen molar-refractivity contribution in [1.82, 2.24) is 5.32 Å². The highest BCUT2D eigenvalue weighted by Gasteiger charge is 2.09. The summed E-state index contributed by atoms with van der Waals surface area (Å²) < 4.78 is 26.0. The Balaban J connectivity index is 1.99. The summed E-state index contributed by atoms with van der Waals surface area (Å²) in [5.74, 6) is 3.13. The number of amides is 1. The summed E-state index contributed by atoms with van der Waals surface area (Å²) in [6.07, 6.45) is 0. The number of nitrogens with one attached hydrogen (secondary N) is 1. The highest BCUT2D eigenvalue weighted by Crippen LogP contribution is 2.14. The molecule has 0 saturated heterocycles. The lowest BCUT2D eigenvalue weighted by molar-refractivity contribution is 0.0950. The molecule has 0 unspecified atom stereocenters. The Bertz CT molecular complexity index is 696. The van der Waals surface area contributed by atoms with Crippen molar-refractivity contribution in [2.24, 2.45) is 0 Å². The van der Waals surface area contributed by atoms with Crippen LogP contribution in [-0.2, 0) is 6.54 Å². The first-order valence-corrected chi connectivity index (χ1v) is 6.88. The van der Waals surface area contributed by atoms with Crippen LogP contribution in [0.3, 0.4) is 0 Å². The smallest absolute Gasteiger partial charge is 0.251 e. The van der Waals surface area contributed by atoms with Crippen LogP contribution >= 0.6 is 11.3 Å². The molecule has 108 valence electrons. The highest BCUT2D eigenvalue weighted by atomic mass is 32.1. The van der Waals surface area contributed by atoms with E-state index in [-0.39, 0.29) is 18.7 Å². The second-order valence-electron chi connectivity index (χ2n) is 4.10. The molecule has 1 heterocycles. The van der Waals surface area contributed by atoms with Crippen molar-refractivity contribution in [3.63, 3.8) is 0 Å². The Kier molecular flexibility index (Phi) is 5.04. The first kappa shape index (κ1) is 15.2. The van der Waals surface area contributed by atoms with Gasteiger partial charge in [0.15, 0.2) is 0 Å². The van der Waals surface area contributed by atoms with Crippen LogP contribution in [0.4, 0.5) is 8.78 Å². The molecule has 0 bridgehead atoms. The van der Waals surface area contributed by atoms with Gasteiger partial charge in [-0.05, 0) is 18.2 Å². The summed E-state index contributed by atoms with van der Waals surface area (Å²) in [7, 11) is 0. The molecule has 0 atom stereocenters. The Morgan fingerprint density at radius 1 is 1.24 bits per heavy atom. The maximum Gasteiger partial charge on any atom is 0.251 e. The maximum atomic E-state index is 13.0. The van der Waals surface area contributed by atoms with Crippen LogP contribution in [0.2, 0.25) is 0 Å². The summed E-state index contributed by atoms with van der Waals surface area (Å²) in [4.78, 5) is 12.6. The molecule has 2 rings (SSSR count). The number of hydrogen-bond acceptors (Lipinski definition) is 3. The predicted octanol–water partition coefficient (Wildman–Crippen LogP) is 2.30. The lowest BCUT2D eigenvalue weighted by atomic mass is 10.2. The van der Waals surface area contributed by atoms with Crippen molar-refractivity contribution in [2.75, 3.05) is 6.61 Å². The third-order valence-electron chi connectivity index (χ3n) is 2.51. The van der Waals surface area contributed by atoms with E-state index in [9.17, 15) is 13.6 Å². The minimum atomic E-state index is -0.794. The summed E-state index contributed by atoms with van der Waals surface area (Å²) in [5, 5.41) is 13.0. The van der Waals surface area contributed by atoms with Gasteiger partial charge in [-0.25, -0.2) is 8.78 Å². The molecule has 2 N–H and O–H groups in total. The Hall–Kier alpha value is -2.23. The second kappa shape index (κ2) is 6.97. The van der Waals surface area contributed by atoms with Gasteiger partial charge in [0.25, 0.3) is 5.91 Å². The number of halogens is 2. The number of carbonyl (C=O) groups is 1. The van der Waals surface area contributed by atoms with Gasteiger partial charge < -0.3 is 10.4 Å². The average Bonchev–Trinajstić information content (AvgIpc) is 2.89. The summed E-state index contributed by atoms with van der Waals surface area (Å²) in [6.45, 7) is 0.0233. The minimum absolute atomic E-state index is 0.0654. The Labute approximate surface area is 124 Å². The Morgan fingerprint density at radius 2 is 1.95 bits per heavy atom. The number of thiophene rings is 1. The number of benzene rings is 1. The molecule has 0 radical (unpaired) electrons. The molecule has 1 amide bonds. The second-order valence-corrected chi connectivity index (χ2v) is 5.10. The van der Waals surface area contributed by atoms with Gasteiger partial charge in [-0.15, -0.1) is 11.3 Å². The van der Waals surface area contributed by atoms with Crippen LogP contribution in [0.15, 0.2) is 29.6 Å². The zero-order chi connectivity index (χ0) is 15.2. The number of aliphatic hydroxyl groups excluding tert-OH is 1. The zero-order valence-corrected chi connectivity index (χ0v) is 11.6. The number of carbonyl (C=O) groups excluding carboxylic acids is 1. The molecular weight excluding hydrogens is 296 g/mol. The maximum absolute atomic E-state index is 13.0. The van der Waals surface area contributed by atoms with Crippen molar-refractivity contribution in [2.45, 2.75) is 6.54 Å². The lowest BCUT2D eigenvalue weighted by Gasteiger charge is -2.04. The van der Waals surface area contributed by atoms with Gasteiger partial charge >= 0.3 is 0 Å². The largest absolute Gasteiger partial charge is 0.384 e. The molecule has 0 saturated carbocycles. The van der Waals surface area contributed by atoms with Gasteiger partial charge in [0.05, 0.1) is 6.54 Å². The minimum Gasteiger partial charge on any atom is -0.384 e. The molecule has 0 fully saturated rings. The quantitative estimate of drug-likeness (QED) is 0.855. The van der Waals surface area contributed by atoms with Crippen LogP contribution in [0.5, 0.6) is 0 Å². The van der Waals surface area contributed by atoms with Gasteiger partial charge in [0, 0.05) is 27.5 Å². The summed E-state index contributed by atoms with van der Waals surface area (Å²) in [6, 6.07) is 4.44. The fourth-order valence-electron chi connectivity index (χ4n) is 1.63. The third kappa shape index (κ3) is 4.38. The predicted molar refractivity (Wildman–Crippen MR) is 75.8 cm³/mol. The van der Waals surface area contributed by atoms with Crippen LogP contribution < -0.4 is 5.32 Å². The van der Waals surface area contributed by atoms with Crippen molar-refractivity contribution in [1.29, 1.82) is 0 Å². The first-order valence-electron chi connectivity index (χ1n) is 6.00. The monoisotopic (exact) mass is 307 g/mol. The van der Waals surface area contributed by atoms with Crippen molar-refractivity contribution in [3.8, 4) is 11.8 Å². The summed E-state index contributed by atoms with van der Waals surface area (Å²) in [5.41, 5.74) is 0.680. The fraction of sp³-hybridized carbons (Fsp3) is 0.133. The normalized spacial score (nSPS) is 9.86. The van der Waals surface area contributed by atoms with E-state index in [2.05, 4.69) is 17.2 Å². The molecule has 0 aliphatic heterocycles. The van der Waals surface area contributed by atoms with Gasteiger partial charge in [-0.1, -0.05) is 11.8 Å². The molecule has 0 aliphatic carbocycles. The molecule has 1 aromatic carbocycles. The van der Waals surface area contributed by atoms with E-state index < -0.39 is 17.5 Å². The van der Waals surface area contributed by atoms with Crippen molar-refractivity contribution >= 4 is 17.2 Å². The highest BCUT2D eigenvalue weighted by molar-refractivity contribution is 7.10. The van der Waals surface area contributed by atoms with Crippen LogP contribution in [-0.4, -0.2) is 17.6 Å². The molecule has 0 spiro atoms. The van der Waals surface area contributed by atoms with Crippen LogP contribution in [0, 0.1) is 23.5 Å². The number of hydrogen-bond donors (Lipinski definition) is 2. The van der Waals surface area contributed by atoms with Gasteiger partial charge in [-0.2, -0.15) is 0 Å². The van der Waals surface area contributed by atoms with Crippen molar-refractivity contribution in [3.05, 3.63) is 57.3 Å². The van der Waals surface area contributed by atoms with E-state index in [0.717, 1.165) is 22.6 Å². The van der Waals surface area contributed by atoms with Crippen molar-refractivity contribution < 1.29 is 18.7 Å². The van der Waals surface area contributed by atoms with E-state index >= 15 is 0 Å². The summed E-state index contributed by atoms with van der Waals surface area (Å²) >= 11 is 1.40. The number of aliphatic hydroxyl groups is 1. The van der Waals surface area contributed by atoms with E-state index in [1.807, 2.05) is 0 Å². The number of rotatable bonds is 3. The molecule has 21 heavy (non-hydrogen) atoms. The average molecular weight is 307 g/mol. The zero-order valence-electron chi connectivity index (χ0n) is 10.8. The van der Waals surface area contributed by atoms with Gasteiger partial charge in [0.2, 0.25) is 0 Å². The van der Waals surface area contributed by atoms with E-state index in [0.29, 0.717) is 6.07 Å². The van der Waals surface area contributed by atoms with Crippen LogP contribution in [0.25, 0.3) is 0 Å². The first-order chi connectivity index (χ1) is 10.1. The van der Waals surface area contributed by atoms with E-state index in [1.165, 1.54) is 11.3 Å². The fourth-order valence-corrected chi connectivity index (χ4v) is 2.39. The SMILES string of the molecule is O=C(NCc1cc(C#CCO)cs1)c1cc(F)cc(F)c1. The molecule has 6 heteroatoms. The topological polar surface area (TPSA) is 49.3 Å². The van der Waals surface area contributed by atoms with Crippen LogP contribution in [0.1, 0.15) is 20.8 Å². The van der Waals surface area contributed by atoms with E-state index in [1.54, 1.807) is 11.4 Å². The standard InChI is InChI=1S/C15H11F2NO2S/c16-12-5-11(6-13(17)7-12)15(20)18-8-14-4-10(9-21-14)2-1-3-19/h4-7,9,19H,3,8H2,(H,18,20). The lowest BCUT2D eigenvalue weighted by Crippen LogP contribution is -2.22. The molecular formula is C15H11F2NO2S. The molecule has 3 nitrogen and oxygen atoms in total. The van der Waals surface area contributed by atoms with Gasteiger partial charge in [-0.3, -0.25) is 4.79 Å². The molecule has 2 aromatic rings. The molecule has 0 aliphatic rings.